The van der Waals surface area contributed by atoms with Gasteiger partial charge in [-0.1, -0.05) is 36.2 Å². The number of esters is 1. The molecule has 6 heteroatoms. The highest BCUT2D eigenvalue weighted by molar-refractivity contribution is 6.30. The minimum atomic E-state index is -0.705. The fourth-order valence-electron chi connectivity index (χ4n) is 2.94. The zero-order valence-electron chi connectivity index (χ0n) is 13.4. The molecule has 0 atom stereocenters. The second kappa shape index (κ2) is 7.23. The van der Waals surface area contributed by atoms with E-state index in [1.807, 2.05) is 12.1 Å². The van der Waals surface area contributed by atoms with Gasteiger partial charge in [0.05, 0.1) is 5.41 Å². The molecule has 2 aromatic carbocycles. The van der Waals surface area contributed by atoms with E-state index in [9.17, 15) is 14.0 Å². The lowest BCUT2D eigenvalue weighted by molar-refractivity contribution is -0.156. The molecule has 4 nitrogen and oxygen atoms in total. The maximum absolute atomic E-state index is 13.1. The van der Waals surface area contributed by atoms with Gasteiger partial charge in [-0.3, -0.25) is 9.59 Å². The van der Waals surface area contributed by atoms with Crippen LogP contribution in [0.15, 0.2) is 48.5 Å². The highest BCUT2D eigenvalue weighted by atomic mass is 35.5. The Morgan fingerprint density at radius 3 is 2.48 bits per heavy atom. The van der Waals surface area contributed by atoms with Crippen molar-refractivity contribution in [2.24, 2.45) is 0 Å². The summed E-state index contributed by atoms with van der Waals surface area (Å²) in [6.07, 6.45) is 2.28. The summed E-state index contributed by atoms with van der Waals surface area (Å²) in [6, 6.07) is 12.6. The number of halogens is 2. The lowest BCUT2D eigenvalue weighted by Gasteiger charge is -2.39. The predicted octanol–water partition coefficient (Wildman–Crippen LogP) is 4.08. The van der Waals surface area contributed by atoms with Crippen LogP contribution >= 0.6 is 11.6 Å². The number of hydrogen-bond acceptors (Lipinski definition) is 3. The van der Waals surface area contributed by atoms with Crippen LogP contribution in [0.4, 0.5) is 10.1 Å². The van der Waals surface area contributed by atoms with Crippen LogP contribution < -0.4 is 5.32 Å². The monoisotopic (exact) mass is 361 g/mol. The first kappa shape index (κ1) is 17.4. The van der Waals surface area contributed by atoms with Crippen LogP contribution in [-0.4, -0.2) is 18.5 Å². The first-order chi connectivity index (χ1) is 12.0. The van der Waals surface area contributed by atoms with Crippen LogP contribution in [0.3, 0.4) is 0 Å². The van der Waals surface area contributed by atoms with E-state index in [2.05, 4.69) is 5.32 Å². The summed E-state index contributed by atoms with van der Waals surface area (Å²) >= 11 is 5.90. The van der Waals surface area contributed by atoms with Crippen LogP contribution in [0.2, 0.25) is 5.02 Å². The van der Waals surface area contributed by atoms with E-state index in [-0.39, 0.29) is 0 Å². The SMILES string of the molecule is O=C(COC(=O)C1(c2ccc(Cl)cc2)CCC1)Nc1cccc(F)c1. The third-order valence-electron chi connectivity index (χ3n) is 4.44. The normalized spacial score (nSPS) is 15.1. The number of anilines is 1. The van der Waals surface area contributed by atoms with E-state index in [4.69, 9.17) is 16.3 Å². The molecule has 0 spiro atoms. The Bertz CT molecular complexity index is 788. The molecule has 1 fully saturated rings. The van der Waals surface area contributed by atoms with Gasteiger partial charge in [0, 0.05) is 10.7 Å². The first-order valence-electron chi connectivity index (χ1n) is 7.98. The number of carbonyl (C=O) groups is 2. The zero-order valence-corrected chi connectivity index (χ0v) is 14.2. The van der Waals surface area contributed by atoms with E-state index in [1.165, 1.54) is 18.2 Å². The number of amides is 1. The molecule has 0 aromatic heterocycles. The Kier molecular flexibility index (Phi) is 5.04. The predicted molar refractivity (Wildman–Crippen MR) is 93.0 cm³/mol. The smallest absolute Gasteiger partial charge is 0.317 e. The fourth-order valence-corrected chi connectivity index (χ4v) is 3.07. The average Bonchev–Trinajstić information content (AvgIpc) is 2.54. The summed E-state index contributed by atoms with van der Waals surface area (Å²) in [5.74, 6) is -1.38. The highest BCUT2D eigenvalue weighted by Crippen LogP contribution is 2.45. The topological polar surface area (TPSA) is 55.4 Å². The molecule has 0 saturated heterocycles. The van der Waals surface area contributed by atoms with Crippen molar-refractivity contribution in [3.63, 3.8) is 0 Å². The number of benzene rings is 2. The van der Waals surface area contributed by atoms with Gasteiger partial charge in [-0.15, -0.1) is 0 Å². The third kappa shape index (κ3) is 3.82. The Morgan fingerprint density at radius 1 is 1.16 bits per heavy atom. The molecule has 1 amide bonds. The van der Waals surface area contributed by atoms with Gasteiger partial charge >= 0.3 is 5.97 Å². The standard InChI is InChI=1S/C19H17ClFNO3/c20-14-7-5-13(6-8-14)19(9-2-10-19)18(24)25-12-17(23)22-16-4-1-3-15(21)11-16/h1,3-8,11H,2,9-10,12H2,(H,22,23). The van der Waals surface area contributed by atoms with E-state index < -0.39 is 29.7 Å². The minimum absolute atomic E-state index is 0.317. The molecule has 130 valence electrons. The molecule has 0 aliphatic heterocycles. The maximum atomic E-state index is 13.1. The fraction of sp³-hybridized carbons (Fsp3) is 0.263. The second-order valence-electron chi connectivity index (χ2n) is 6.08. The molecule has 0 unspecified atom stereocenters. The summed E-state index contributed by atoms with van der Waals surface area (Å²) < 4.78 is 18.3. The van der Waals surface area contributed by atoms with Gasteiger partial charge in [0.25, 0.3) is 5.91 Å². The Labute approximate surface area is 149 Å². The van der Waals surface area contributed by atoms with Crippen molar-refractivity contribution in [1.29, 1.82) is 0 Å². The van der Waals surface area contributed by atoms with Crippen LogP contribution in [-0.2, 0) is 19.7 Å². The molecule has 0 heterocycles. The third-order valence-corrected chi connectivity index (χ3v) is 4.69. The second-order valence-corrected chi connectivity index (χ2v) is 6.51. The lowest BCUT2D eigenvalue weighted by atomic mass is 9.64. The summed E-state index contributed by atoms with van der Waals surface area (Å²) in [6.45, 7) is -0.412. The van der Waals surface area contributed by atoms with Gasteiger partial charge in [-0.05, 0) is 48.7 Å². The number of nitrogens with one attached hydrogen (secondary N) is 1. The summed E-state index contributed by atoms with van der Waals surface area (Å²) in [4.78, 5) is 24.5. The van der Waals surface area contributed by atoms with Crippen molar-refractivity contribution in [3.8, 4) is 0 Å². The number of hydrogen-bond donors (Lipinski definition) is 1. The molecule has 1 saturated carbocycles. The van der Waals surface area contributed by atoms with E-state index in [0.29, 0.717) is 23.6 Å². The minimum Gasteiger partial charge on any atom is -0.455 e. The van der Waals surface area contributed by atoms with Gasteiger partial charge in [-0.25, -0.2) is 4.39 Å². The maximum Gasteiger partial charge on any atom is 0.317 e. The average molecular weight is 362 g/mol. The summed E-state index contributed by atoms with van der Waals surface area (Å²) in [7, 11) is 0. The number of ether oxygens (including phenoxy) is 1. The Balaban J connectivity index is 1.61. The van der Waals surface area contributed by atoms with Crippen molar-refractivity contribution in [1.82, 2.24) is 0 Å². The lowest BCUT2D eigenvalue weighted by Crippen LogP contribution is -2.44. The summed E-state index contributed by atoms with van der Waals surface area (Å²) in [5.41, 5.74) is 0.458. The molecule has 1 N–H and O–H groups in total. The molecule has 2 aromatic rings. The number of rotatable bonds is 5. The van der Waals surface area contributed by atoms with Gasteiger partial charge < -0.3 is 10.1 Å². The van der Waals surface area contributed by atoms with Crippen LogP contribution in [0.25, 0.3) is 0 Å². The van der Waals surface area contributed by atoms with Crippen molar-refractivity contribution in [2.75, 3.05) is 11.9 Å². The van der Waals surface area contributed by atoms with E-state index in [0.717, 1.165) is 12.0 Å². The van der Waals surface area contributed by atoms with Crippen molar-refractivity contribution in [2.45, 2.75) is 24.7 Å². The van der Waals surface area contributed by atoms with Gasteiger partial charge in [0.2, 0.25) is 0 Å². The molecule has 1 aliphatic rings. The molecule has 25 heavy (non-hydrogen) atoms. The van der Waals surface area contributed by atoms with Crippen molar-refractivity contribution in [3.05, 3.63) is 64.9 Å². The molecule has 0 bridgehead atoms. The van der Waals surface area contributed by atoms with Crippen LogP contribution in [0, 0.1) is 5.82 Å². The first-order valence-corrected chi connectivity index (χ1v) is 8.36. The molecular weight excluding hydrogens is 345 g/mol. The highest BCUT2D eigenvalue weighted by Gasteiger charge is 2.47. The van der Waals surface area contributed by atoms with Crippen molar-refractivity contribution >= 4 is 29.2 Å². The van der Waals surface area contributed by atoms with Gasteiger partial charge in [0.15, 0.2) is 6.61 Å². The molecule has 3 rings (SSSR count). The van der Waals surface area contributed by atoms with Crippen LogP contribution in [0.1, 0.15) is 24.8 Å². The quantitative estimate of drug-likeness (QED) is 0.816. The van der Waals surface area contributed by atoms with Crippen LogP contribution in [0.5, 0.6) is 0 Å². The molecule has 1 aliphatic carbocycles. The van der Waals surface area contributed by atoms with Gasteiger partial charge in [0.1, 0.15) is 5.82 Å². The van der Waals surface area contributed by atoms with E-state index >= 15 is 0 Å². The Morgan fingerprint density at radius 2 is 1.88 bits per heavy atom. The van der Waals surface area contributed by atoms with E-state index in [1.54, 1.807) is 18.2 Å². The molecule has 0 radical (unpaired) electrons. The zero-order chi connectivity index (χ0) is 17.9. The number of carbonyl (C=O) groups excluding carboxylic acids is 2. The van der Waals surface area contributed by atoms with Crippen molar-refractivity contribution < 1.29 is 18.7 Å². The molecular formula is C19H17ClFNO3. The summed E-state index contributed by atoms with van der Waals surface area (Å²) in [5, 5.41) is 3.10. The van der Waals surface area contributed by atoms with Gasteiger partial charge in [-0.2, -0.15) is 0 Å². The largest absolute Gasteiger partial charge is 0.455 e. The Hall–Kier alpha value is -2.40.